The Hall–Kier alpha value is -1.06. The van der Waals surface area contributed by atoms with E-state index in [1.807, 2.05) is 20.8 Å². The largest absolute Gasteiger partial charge is 0.462 e. The number of carbonyl (C=O) groups excluding carboxylic acids is 2. The third-order valence-electron chi connectivity index (χ3n) is 3.62. The Morgan fingerprint density at radius 3 is 2.21 bits per heavy atom. The van der Waals surface area contributed by atoms with Gasteiger partial charge in [-0.05, 0) is 44.9 Å². The maximum atomic E-state index is 11.5. The molecule has 1 rings (SSSR count). The molecule has 0 radical (unpaired) electrons. The molecule has 0 N–H and O–H groups in total. The molecule has 4 nitrogen and oxygen atoms in total. The highest BCUT2D eigenvalue weighted by Crippen LogP contribution is 2.21. The van der Waals surface area contributed by atoms with E-state index in [0.29, 0.717) is 18.8 Å². The molecule has 0 aromatic heterocycles. The van der Waals surface area contributed by atoms with Crippen molar-refractivity contribution in [2.24, 2.45) is 5.92 Å². The molecule has 0 bridgehead atoms. The second-order valence-electron chi connectivity index (χ2n) is 5.69. The first-order chi connectivity index (χ1) is 8.99. The minimum absolute atomic E-state index is 0.0714. The van der Waals surface area contributed by atoms with E-state index in [0.717, 1.165) is 25.7 Å². The lowest BCUT2D eigenvalue weighted by molar-refractivity contribution is -0.151. The molecule has 1 fully saturated rings. The molecular weight excluding hydrogens is 244 g/mol. The van der Waals surface area contributed by atoms with Crippen molar-refractivity contribution in [1.82, 2.24) is 0 Å². The summed E-state index contributed by atoms with van der Waals surface area (Å²) in [4.78, 5) is 23.0. The van der Waals surface area contributed by atoms with E-state index in [9.17, 15) is 9.59 Å². The number of rotatable bonds is 7. The number of hydrogen-bond acceptors (Lipinski definition) is 4. The van der Waals surface area contributed by atoms with Crippen LogP contribution in [0.25, 0.3) is 0 Å². The Kier molecular flexibility index (Phi) is 6.89. The summed E-state index contributed by atoms with van der Waals surface area (Å²) in [6.07, 6.45) is 5.42. The summed E-state index contributed by atoms with van der Waals surface area (Å²) in [5.41, 5.74) is 0. The molecule has 1 aliphatic rings. The molecular formula is C15H26O4. The summed E-state index contributed by atoms with van der Waals surface area (Å²) in [5.74, 6) is -0.0947. The van der Waals surface area contributed by atoms with Gasteiger partial charge in [-0.3, -0.25) is 9.59 Å². The third kappa shape index (κ3) is 6.60. The average Bonchev–Trinajstić information content (AvgIpc) is 2.81. The van der Waals surface area contributed by atoms with Crippen LogP contribution in [0, 0.1) is 5.92 Å². The fourth-order valence-electron chi connectivity index (χ4n) is 2.03. The molecule has 1 aliphatic carbocycles. The van der Waals surface area contributed by atoms with Gasteiger partial charge in [0.25, 0.3) is 0 Å². The molecule has 1 saturated carbocycles. The first-order valence-corrected chi connectivity index (χ1v) is 7.38. The van der Waals surface area contributed by atoms with Gasteiger partial charge < -0.3 is 9.47 Å². The smallest absolute Gasteiger partial charge is 0.306 e. The van der Waals surface area contributed by atoms with Gasteiger partial charge in [0.2, 0.25) is 0 Å². The second-order valence-corrected chi connectivity index (χ2v) is 5.69. The zero-order valence-electron chi connectivity index (χ0n) is 12.3. The molecule has 0 aliphatic heterocycles. The van der Waals surface area contributed by atoms with E-state index < -0.39 is 0 Å². The normalized spacial score (nSPS) is 17.5. The number of ether oxygens (including phenoxy) is 2. The van der Waals surface area contributed by atoms with Gasteiger partial charge in [0.15, 0.2) is 0 Å². The molecule has 4 heteroatoms. The first kappa shape index (κ1) is 16.0. The van der Waals surface area contributed by atoms with E-state index >= 15 is 0 Å². The van der Waals surface area contributed by atoms with Gasteiger partial charge in [-0.1, -0.05) is 13.8 Å². The standard InChI is InChI=1S/C15H26O4/c1-11(2)12(3)18-14(16)9-6-10-15(17)19-13-7-4-5-8-13/h11-13H,4-10H2,1-3H3. The van der Waals surface area contributed by atoms with Crippen molar-refractivity contribution in [3.8, 4) is 0 Å². The van der Waals surface area contributed by atoms with Gasteiger partial charge in [-0.2, -0.15) is 0 Å². The first-order valence-electron chi connectivity index (χ1n) is 7.38. The molecule has 0 heterocycles. The molecule has 0 aromatic carbocycles. The van der Waals surface area contributed by atoms with E-state index in [-0.39, 0.29) is 30.6 Å². The van der Waals surface area contributed by atoms with Crippen LogP contribution >= 0.6 is 0 Å². The molecule has 110 valence electrons. The van der Waals surface area contributed by atoms with Gasteiger partial charge in [-0.15, -0.1) is 0 Å². The maximum Gasteiger partial charge on any atom is 0.306 e. The highest BCUT2D eigenvalue weighted by atomic mass is 16.5. The molecule has 0 aromatic rings. The van der Waals surface area contributed by atoms with Gasteiger partial charge >= 0.3 is 11.9 Å². The van der Waals surface area contributed by atoms with E-state index in [1.165, 1.54) is 0 Å². The van der Waals surface area contributed by atoms with Crippen LogP contribution in [0.2, 0.25) is 0 Å². The Labute approximate surface area is 115 Å². The SMILES string of the molecule is CC(C)C(C)OC(=O)CCCC(=O)OC1CCCC1. The van der Waals surface area contributed by atoms with Crippen molar-refractivity contribution in [3.05, 3.63) is 0 Å². The Bertz CT molecular complexity index is 277. The van der Waals surface area contributed by atoms with E-state index in [2.05, 4.69) is 0 Å². The van der Waals surface area contributed by atoms with Crippen LogP contribution in [-0.4, -0.2) is 24.1 Å². The lowest BCUT2D eigenvalue weighted by Gasteiger charge is -2.16. The lowest BCUT2D eigenvalue weighted by atomic mass is 10.1. The second kappa shape index (κ2) is 8.18. The molecule has 0 amide bonds. The average molecular weight is 270 g/mol. The summed E-state index contributed by atoms with van der Waals surface area (Å²) in [5, 5.41) is 0. The van der Waals surface area contributed by atoms with Crippen LogP contribution in [0.5, 0.6) is 0 Å². The monoisotopic (exact) mass is 270 g/mol. The summed E-state index contributed by atoms with van der Waals surface area (Å²) >= 11 is 0. The molecule has 0 saturated heterocycles. The lowest BCUT2D eigenvalue weighted by Crippen LogP contribution is -2.20. The molecule has 19 heavy (non-hydrogen) atoms. The minimum Gasteiger partial charge on any atom is -0.462 e. The van der Waals surface area contributed by atoms with Crippen LogP contribution in [-0.2, 0) is 19.1 Å². The van der Waals surface area contributed by atoms with Crippen LogP contribution in [0.1, 0.15) is 65.7 Å². The van der Waals surface area contributed by atoms with E-state index in [1.54, 1.807) is 0 Å². The van der Waals surface area contributed by atoms with Crippen molar-refractivity contribution < 1.29 is 19.1 Å². The zero-order valence-corrected chi connectivity index (χ0v) is 12.3. The highest BCUT2D eigenvalue weighted by Gasteiger charge is 2.19. The van der Waals surface area contributed by atoms with Crippen LogP contribution in [0.3, 0.4) is 0 Å². The van der Waals surface area contributed by atoms with E-state index in [4.69, 9.17) is 9.47 Å². The van der Waals surface area contributed by atoms with Crippen molar-refractivity contribution in [1.29, 1.82) is 0 Å². The van der Waals surface area contributed by atoms with Gasteiger partial charge in [-0.25, -0.2) is 0 Å². The highest BCUT2D eigenvalue weighted by molar-refractivity contribution is 5.72. The summed E-state index contributed by atoms with van der Waals surface area (Å²) in [6.45, 7) is 5.91. The van der Waals surface area contributed by atoms with Gasteiger partial charge in [0.1, 0.15) is 12.2 Å². The summed E-state index contributed by atoms with van der Waals surface area (Å²) in [6, 6.07) is 0. The molecule has 1 unspecified atom stereocenters. The Balaban J connectivity index is 2.08. The molecule has 0 spiro atoms. The predicted octanol–water partition coefficient (Wildman–Crippen LogP) is 3.23. The van der Waals surface area contributed by atoms with Crippen molar-refractivity contribution in [3.63, 3.8) is 0 Å². The quantitative estimate of drug-likeness (QED) is 0.666. The fraction of sp³-hybridized carbons (Fsp3) is 0.867. The number of esters is 2. The van der Waals surface area contributed by atoms with Gasteiger partial charge in [0, 0.05) is 12.8 Å². The van der Waals surface area contributed by atoms with Crippen molar-refractivity contribution in [2.75, 3.05) is 0 Å². The zero-order chi connectivity index (χ0) is 14.3. The Morgan fingerprint density at radius 1 is 1.05 bits per heavy atom. The topological polar surface area (TPSA) is 52.6 Å². The third-order valence-corrected chi connectivity index (χ3v) is 3.62. The van der Waals surface area contributed by atoms with Crippen LogP contribution in [0.4, 0.5) is 0 Å². The predicted molar refractivity (Wildman–Crippen MR) is 72.6 cm³/mol. The van der Waals surface area contributed by atoms with Crippen LogP contribution < -0.4 is 0 Å². The number of carbonyl (C=O) groups is 2. The van der Waals surface area contributed by atoms with Crippen LogP contribution in [0.15, 0.2) is 0 Å². The minimum atomic E-state index is -0.227. The van der Waals surface area contributed by atoms with Crippen molar-refractivity contribution in [2.45, 2.75) is 77.9 Å². The summed E-state index contributed by atoms with van der Waals surface area (Å²) < 4.78 is 10.6. The van der Waals surface area contributed by atoms with Gasteiger partial charge in [0.05, 0.1) is 0 Å². The number of hydrogen-bond donors (Lipinski definition) is 0. The van der Waals surface area contributed by atoms with Crippen molar-refractivity contribution >= 4 is 11.9 Å². The Morgan fingerprint density at radius 2 is 1.63 bits per heavy atom. The maximum absolute atomic E-state index is 11.5. The fourth-order valence-corrected chi connectivity index (χ4v) is 2.03. The molecule has 1 atom stereocenters. The summed E-state index contributed by atoms with van der Waals surface area (Å²) in [7, 11) is 0.